The van der Waals surface area contributed by atoms with E-state index >= 15 is 0 Å². The number of non-ortho nitro benzene ring substituents is 1. The zero-order valence-corrected chi connectivity index (χ0v) is 36.2. The Labute approximate surface area is 369 Å². The number of allylic oxidation sites excluding steroid dienone is 1. The average molecular weight is 877 g/mol. The predicted molar refractivity (Wildman–Crippen MR) is 236 cm³/mol. The fraction of sp³-hybridized carbons (Fsp3) is 0.574. The van der Waals surface area contributed by atoms with Gasteiger partial charge in [-0.05, 0) is 85.4 Å². The van der Waals surface area contributed by atoms with E-state index in [0.29, 0.717) is 48.6 Å². The van der Waals surface area contributed by atoms with Crippen molar-refractivity contribution in [1.29, 1.82) is 0 Å². The zero-order chi connectivity index (χ0) is 44.6. The number of hydrogen-bond acceptors (Lipinski definition) is 14. The molecule has 1 saturated heterocycles. The van der Waals surface area contributed by atoms with Gasteiger partial charge in [0.15, 0.2) is 0 Å². The number of aliphatic hydroxyl groups excluding tert-OH is 3. The van der Waals surface area contributed by atoms with Crippen molar-refractivity contribution in [1.82, 2.24) is 9.80 Å². The lowest BCUT2D eigenvalue weighted by atomic mass is 9.55. The maximum Gasteiger partial charge on any atom is 0.410 e. The maximum atomic E-state index is 14.4. The van der Waals surface area contributed by atoms with Crippen molar-refractivity contribution in [2.24, 2.45) is 22.9 Å². The molecule has 2 aliphatic carbocycles. The third-order valence-electron chi connectivity index (χ3n) is 12.3. The number of carbonyl (C=O) groups excluding carboxylic acids is 1. The second kappa shape index (κ2) is 23.7. The van der Waals surface area contributed by atoms with Crippen LogP contribution < -0.4 is 9.47 Å². The third-order valence-corrected chi connectivity index (χ3v) is 12.3. The summed E-state index contributed by atoms with van der Waals surface area (Å²) in [5.74, 6) is -1.01. The molecule has 4 aliphatic rings. The van der Waals surface area contributed by atoms with Gasteiger partial charge in [0.25, 0.3) is 5.69 Å². The highest BCUT2D eigenvalue weighted by Crippen LogP contribution is 2.62. The molecule has 1 saturated carbocycles. The second-order valence-corrected chi connectivity index (χ2v) is 16.4. The molecule has 2 aliphatic heterocycles. The average Bonchev–Trinajstić information content (AvgIpc) is 4.12. The summed E-state index contributed by atoms with van der Waals surface area (Å²) in [5, 5.41) is 45.6. The van der Waals surface area contributed by atoms with Crippen LogP contribution in [0.1, 0.15) is 68.4 Å². The number of rotatable bonds is 28. The lowest BCUT2D eigenvalue weighted by Crippen LogP contribution is -2.70. The summed E-state index contributed by atoms with van der Waals surface area (Å²) in [5.41, 5.74) is 3.01. The Morgan fingerprint density at radius 3 is 2.46 bits per heavy atom. The number of amides is 1. The molecular weight excluding hydrogens is 813 g/mol. The van der Waals surface area contributed by atoms with Crippen molar-refractivity contribution in [3.05, 3.63) is 101 Å². The lowest BCUT2D eigenvalue weighted by Gasteiger charge is -2.59. The van der Waals surface area contributed by atoms with Crippen LogP contribution in [0.2, 0.25) is 0 Å². The van der Waals surface area contributed by atoms with Gasteiger partial charge in [-0.25, -0.2) is 4.79 Å². The van der Waals surface area contributed by atoms with E-state index in [1.54, 1.807) is 29.2 Å². The Hall–Kier alpha value is -4.84. The van der Waals surface area contributed by atoms with Crippen molar-refractivity contribution in [2.75, 3.05) is 79.0 Å². The zero-order valence-electron chi connectivity index (χ0n) is 36.2. The van der Waals surface area contributed by atoms with Crippen LogP contribution in [0.25, 0.3) is 0 Å². The summed E-state index contributed by atoms with van der Waals surface area (Å²) in [4.78, 5) is 35.3. The first-order valence-electron chi connectivity index (χ1n) is 22.3. The van der Waals surface area contributed by atoms with Crippen LogP contribution in [0.4, 0.5) is 10.5 Å². The molecule has 0 aromatic heterocycles. The predicted octanol–water partition coefficient (Wildman–Crippen LogP) is 6.15. The van der Waals surface area contributed by atoms with Gasteiger partial charge >= 0.3 is 6.09 Å². The molecular formula is C47H64N4O12. The fourth-order valence-corrected chi connectivity index (χ4v) is 9.24. The van der Waals surface area contributed by atoms with Gasteiger partial charge in [0, 0.05) is 69.4 Å². The second-order valence-electron chi connectivity index (χ2n) is 16.4. The molecule has 0 spiro atoms. The summed E-state index contributed by atoms with van der Waals surface area (Å²) in [7, 11) is 0. The molecule has 16 heteroatoms. The topological polar surface area (TPSA) is 195 Å². The van der Waals surface area contributed by atoms with Crippen LogP contribution in [0, 0.1) is 27.9 Å². The minimum atomic E-state index is -1.52. The highest BCUT2D eigenvalue weighted by Gasteiger charge is 2.65. The van der Waals surface area contributed by atoms with Crippen LogP contribution in [-0.2, 0) is 25.7 Å². The molecule has 0 unspecified atom stereocenters. The van der Waals surface area contributed by atoms with E-state index in [9.17, 15) is 30.2 Å². The molecule has 1 amide bonds. The number of oxime groups is 1. The Bertz CT molecular complexity index is 1890. The van der Waals surface area contributed by atoms with Gasteiger partial charge in [-0.15, -0.1) is 13.2 Å². The van der Waals surface area contributed by atoms with Crippen LogP contribution in [0.5, 0.6) is 11.5 Å². The molecule has 2 aromatic rings. The number of nitrogens with zero attached hydrogens (tertiary/aromatic N) is 4. The first kappa shape index (κ1) is 47.6. The van der Waals surface area contributed by atoms with Crippen LogP contribution in [-0.4, -0.2) is 133 Å². The van der Waals surface area contributed by atoms with Gasteiger partial charge in [-0.3, -0.25) is 19.9 Å². The van der Waals surface area contributed by atoms with Crippen molar-refractivity contribution in [2.45, 2.75) is 75.7 Å². The summed E-state index contributed by atoms with van der Waals surface area (Å²) < 4.78 is 32.3. The van der Waals surface area contributed by atoms with E-state index in [2.05, 4.69) is 30.2 Å². The van der Waals surface area contributed by atoms with Gasteiger partial charge in [0.05, 0.1) is 49.6 Å². The van der Waals surface area contributed by atoms with Gasteiger partial charge in [-0.2, -0.15) is 0 Å². The van der Waals surface area contributed by atoms with Crippen molar-refractivity contribution in [3.8, 4) is 11.5 Å². The lowest BCUT2D eigenvalue weighted by molar-refractivity contribution is -0.384. The van der Waals surface area contributed by atoms with Gasteiger partial charge in [0.2, 0.25) is 5.79 Å². The molecule has 0 radical (unpaired) electrons. The van der Waals surface area contributed by atoms with E-state index in [1.165, 1.54) is 12.1 Å². The first-order chi connectivity index (χ1) is 30.8. The molecule has 6 rings (SSSR count). The van der Waals surface area contributed by atoms with Crippen LogP contribution in [0.3, 0.4) is 0 Å². The molecule has 0 bridgehead atoms. The van der Waals surface area contributed by atoms with E-state index in [1.807, 2.05) is 12.1 Å². The van der Waals surface area contributed by atoms with E-state index < -0.39 is 28.8 Å². The van der Waals surface area contributed by atoms with Crippen LogP contribution >= 0.6 is 0 Å². The fourth-order valence-electron chi connectivity index (χ4n) is 9.24. The smallest absolute Gasteiger partial charge is 0.410 e. The standard InChI is InChI=1S/C47H64N4O12/c1-3-5-26-60-46(55)50(21-27-58-29-24-54)43-32-41(48-62-33-34-12-14-36(15-13-34)51(56)57)39-30-35(10-6-8-22-52)38(11-7-9-23-53)44-40-31-37(59-28-20-49-18-19-49)16-17-42(40)63-47(43,45(39)44)61-25-4-2/h3-4,12-17,30-31,35,38,43-45,52-54H,1-2,5-11,18-29,32-33H2/t35-,38+,43-,44+,45+,47+/m0/s1. The number of benzene rings is 2. The Kier molecular flexibility index (Phi) is 17.9. The molecule has 6 atom stereocenters. The number of fused-ring (bicyclic) bond motifs is 2. The summed E-state index contributed by atoms with van der Waals surface area (Å²) in [6, 6.07) is 11.1. The molecule has 2 heterocycles. The number of unbranched alkanes of at least 4 members (excludes halogenated alkanes) is 2. The number of nitro groups is 1. The third kappa shape index (κ3) is 12.0. The van der Waals surface area contributed by atoms with Crippen molar-refractivity contribution >= 4 is 17.5 Å². The quantitative estimate of drug-likeness (QED) is 0.0290. The van der Waals surface area contributed by atoms with Gasteiger partial charge in [0.1, 0.15) is 30.8 Å². The highest BCUT2D eigenvalue weighted by molar-refractivity contribution is 6.03. The Morgan fingerprint density at radius 2 is 1.76 bits per heavy atom. The largest absolute Gasteiger partial charge is 0.492 e. The minimum Gasteiger partial charge on any atom is -0.492 e. The van der Waals surface area contributed by atoms with Gasteiger partial charge in [-0.1, -0.05) is 36.2 Å². The van der Waals surface area contributed by atoms with Crippen molar-refractivity contribution in [3.63, 3.8) is 0 Å². The number of hydrogen-bond donors (Lipinski definition) is 3. The van der Waals surface area contributed by atoms with E-state index in [4.69, 9.17) is 33.7 Å². The van der Waals surface area contributed by atoms with Crippen LogP contribution in [0.15, 0.2) is 84.6 Å². The summed E-state index contributed by atoms with van der Waals surface area (Å²) >= 11 is 0. The maximum absolute atomic E-state index is 14.4. The molecule has 63 heavy (non-hydrogen) atoms. The number of nitro benzene ring substituents is 1. The van der Waals surface area contributed by atoms with E-state index in [0.717, 1.165) is 56.5 Å². The van der Waals surface area contributed by atoms with E-state index in [-0.39, 0.29) is 89.3 Å². The van der Waals surface area contributed by atoms with Gasteiger partial charge < -0.3 is 43.8 Å². The summed E-state index contributed by atoms with van der Waals surface area (Å²) in [6.45, 7) is 11.6. The summed E-state index contributed by atoms with van der Waals surface area (Å²) in [6.07, 6.45) is 9.88. The molecule has 3 N–H and O–H groups in total. The normalized spacial score (nSPS) is 24.0. The molecule has 2 fully saturated rings. The monoisotopic (exact) mass is 876 g/mol. The Morgan fingerprint density at radius 1 is 0.984 bits per heavy atom. The SMILES string of the molecule is C=CCCOC(=O)N(CCOCCO)[C@H]1CC(=NOCc2ccc([N+](=O)[O-])cc2)C2=C[C@H](CCCCO)[C@@H](CCCCO)[C@@H]3c4cc(OCCN5CC5)ccc4O[C@@]1(OCC=C)[C@H]23. The highest BCUT2D eigenvalue weighted by atomic mass is 16.7. The molecule has 344 valence electrons. The number of carbonyl (C=O) groups is 1. The minimum absolute atomic E-state index is 0.00748. The number of aliphatic hydroxyl groups is 3. The first-order valence-corrected chi connectivity index (χ1v) is 22.3. The Balaban J connectivity index is 1.53. The molecule has 2 aromatic carbocycles. The van der Waals surface area contributed by atoms with Crippen molar-refractivity contribution < 1.29 is 53.6 Å². The number of ether oxygens (including phenoxy) is 5. The molecule has 16 nitrogen and oxygen atoms in total.